The third-order valence-electron chi connectivity index (χ3n) is 2.17. The Morgan fingerprint density at radius 3 is 2.80 bits per heavy atom. The van der Waals surface area contributed by atoms with E-state index in [4.69, 9.17) is 11.6 Å². The maximum absolute atomic E-state index is 11.5. The number of Topliss-reactive ketones (excluding diaryl/α,β-unsaturated/α-hetero) is 1. The van der Waals surface area contributed by atoms with E-state index >= 15 is 0 Å². The first-order valence-electron chi connectivity index (χ1n) is 4.62. The van der Waals surface area contributed by atoms with Crippen LogP contribution in [-0.2, 0) is 4.79 Å². The number of hydrogen-bond acceptors (Lipinski definition) is 4. The zero-order chi connectivity index (χ0) is 11.3. The number of pyridine rings is 1. The largest absolute Gasteiger partial charge is 0.297 e. The van der Waals surface area contributed by atoms with Gasteiger partial charge >= 0.3 is 0 Å². The van der Waals surface area contributed by atoms with Gasteiger partial charge in [0.05, 0.1) is 0 Å². The highest BCUT2D eigenvalue weighted by atomic mass is 35.5. The van der Waals surface area contributed by atoms with Crippen molar-refractivity contribution >= 4 is 17.4 Å². The molecule has 4 nitrogen and oxygen atoms in total. The van der Waals surface area contributed by atoms with E-state index in [1.165, 1.54) is 0 Å². The molecule has 0 amide bonds. The van der Waals surface area contributed by atoms with Gasteiger partial charge < -0.3 is 0 Å². The van der Waals surface area contributed by atoms with Crippen LogP contribution in [0.25, 0.3) is 0 Å². The van der Waals surface area contributed by atoms with Crippen molar-refractivity contribution in [1.29, 1.82) is 0 Å². The van der Waals surface area contributed by atoms with Crippen molar-refractivity contribution in [2.24, 2.45) is 5.18 Å². The highest BCUT2D eigenvalue weighted by molar-refractivity contribution is 6.29. The second kappa shape index (κ2) is 5.56. The lowest BCUT2D eigenvalue weighted by atomic mass is 9.94. The van der Waals surface area contributed by atoms with Gasteiger partial charge in [-0.25, -0.2) is 4.98 Å². The summed E-state index contributed by atoms with van der Waals surface area (Å²) in [5.41, 5.74) is 0.774. The maximum Gasteiger partial charge on any atom is 0.165 e. The van der Waals surface area contributed by atoms with Gasteiger partial charge in [0.25, 0.3) is 0 Å². The monoisotopic (exact) mass is 226 g/mol. The van der Waals surface area contributed by atoms with E-state index in [1.807, 2.05) is 6.92 Å². The molecule has 0 aliphatic rings. The fourth-order valence-corrected chi connectivity index (χ4v) is 1.53. The van der Waals surface area contributed by atoms with Gasteiger partial charge in [0.1, 0.15) is 11.7 Å². The summed E-state index contributed by atoms with van der Waals surface area (Å²) in [6, 6.07) is 3.37. The molecule has 0 saturated carbocycles. The summed E-state index contributed by atoms with van der Waals surface area (Å²) in [7, 11) is 0. The van der Waals surface area contributed by atoms with Crippen LogP contribution in [0.3, 0.4) is 0 Å². The Hall–Kier alpha value is -1.29. The Labute approximate surface area is 92.6 Å². The van der Waals surface area contributed by atoms with Crippen LogP contribution < -0.4 is 0 Å². The zero-order valence-corrected chi connectivity index (χ0v) is 9.07. The van der Waals surface area contributed by atoms with Gasteiger partial charge in [-0.1, -0.05) is 29.8 Å². The first-order valence-corrected chi connectivity index (χ1v) is 5.00. The molecule has 0 N–H and O–H groups in total. The first kappa shape index (κ1) is 11.8. The summed E-state index contributed by atoms with van der Waals surface area (Å²) in [4.78, 5) is 25.4. The SMILES string of the molecule is CCC(C(=O)CN=O)c1ccc(Cl)nc1. The second-order valence-electron chi connectivity index (χ2n) is 3.13. The van der Waals surface area contributed by atoms with E-state index in [1.54, 1.807) is 18.3 Å². The van der Waals surface area contributed by atoms with Crippen molar-refractivity contribution in [2.45, 2.75) is 19.3 Å². The summed E-state index contributed by atoms with van der Waals surface area (Å²) in [5, 5.41) is 2.99. The molecule has 0 radical (unpaired) electrons. The summed E-state index contributed by atoms with van der Waals surface area (Å²) in [6.45, 7) is 1.59. The fraction of sp³-hybridized carbons (Fsp3) is 0.400. The number of carbonyl (C=O) groups is 1. The molecular weight excluding hydrogens is 216 g/mol. The minimum absolute atomic E-state index is 0.184. The van der Waals surface area contributed by atoms with Crippen molar-refractivity contribution in [3.05, 3.63) is 34.0 Å². The molecule has 15 heavy (non-hydrogen) atoms. The molecule has 0 spiro atoms. The third-order valence-corrected chi connectivity index (χ3v) is 2.39. The molecule has 0 saturated heterocycles. The van der Waals surface area contributed by atoms with Crippen molar-refractivity contribution < 1.29 is 4.79 Å². The molecule has 1 aromatic rings. The van der Waals surface area contributed by atoms with Crippen LogP contribution in [0.5, 0.6) is 0 Å². The molecule has 1 unspecified atom stereocenters. The number of halogens is 1. The van der Waals surface area contributed by atoms with Crippen molar-refractivity contribution in [3.8, 4) is 0 Å². The van der Waals surface area contributed by atoms with E-state index in [9.17, 15) is 9.70 Å². The van der Waals surface area contributed by atoms with Crippen molar-refractivity contribution in [3.63, 3.8) is 0 Å². The predicted octanol–water partition coefficient (Wildman–Crippen LogP) is 2.56. The number of carbonyl (C=O) groups excluding carboxylic acids is 1. The van der Waals surface area contributed by atoms with Gasteiger partial charge in [0, 0.05) is 12.1 Å². The molecule has 1 atom stereocenters. The lowest BCUT2D eigenvalue weighted by Crippen LogP contribution is -2.14. The Kier molecular flexibility index (Phi) is 4.37. The fourth-order valence-electron chi connectivity index (χ4n) is 1.42. The first-order chi connectivity index (χ1) is 7.19. The molecular formula is C10H11ClN2O2. The quantitative estimate of drug-likeness (QED) is 0.573. The van der Waals surface area contributed by atoms with Gasteiger partial charge in [0.2, 0.25) is 0 Å². The van der Waals surface area contributed by atoms with Crippen LogP contribution in [0.2, 0.25) is 5.15 Å². The number of hydrogen-bond donors (Lipinski definition) is 0. The molecule has 0 aromatic carbocycles. The number of nitroso groups, excluding NO2 is 1. The molecule has 1 rings (SSSR count). The van der Waals surface area contributed by atoms with Crippen molar-refractivity contribution in [1.82, 2.24) is 4.98 Å². The van der Waals surface area contributed by atoms with Crippen LogP contribution >= 0.6 is 11.6 Å². The summed E-state index contributed by atoms with van der Waals surface area (Å²) in [5.74, 6) is -0.496. The highest BCUT2D eigenvalue weighted by Gasteiger charge is 2.18. The molecule has 0 bridgehead atoms. The molecule has 1 heterocycles. The maximum atomic E-state index is 11.5. The van der Waals surface area contributed by atoms with Crippen LogP contribution in [0, 0.1) is 4.91 Å². The molecule has 1 aromatic heterocycles. The van der Waals surface area contributed by atoms with Crippen LogP contribution in [0.15, 0.2) is 23.5 Å². The minimum Gasteiger partial charge on any atom is -0.297 e. The average Bonchev–Trinajstić information content (AvgIpc) is 2.22. The summed E-state index contributed by atoms with van der Waals surface area (Å²) >= 11 is 5.64. The number of aromatic nitrogens is 1. The Morgan fingerprint density at radius 2 is 2.33 bits per heavy atom. The van der Waals surface area contributed by atoms with Gasteiger partial charge in [-0.05, 0) is 18.1 Å². The summed E-state index contributed by atoms with van der Waals surface area (Å²) in [6.07, 6.45) is 2.18. The smallest absolute Gasteiger partial charge is 0.165 e. The van der Waals surface area contributed by atoms with E-state index < -0.39 is 0 Å². The molecule has 80 valence electrons. The van der Waals surface area contributed by atoms with Gasteiger partial charge in [-0.3, -0.25) is 4.79 Å². The number of ketones is 1. The van der Waals surface area contributed by atoms with Crippen LogP contribution in [-0.4, -0.2) is 17.3 Å². The van der Waals surface area contributed by atoms with E-state index in [0.29, 0.717) is 11.6 Å². The van der Waals surface area contributed by atoms with E-state index in [2.05, 4.69) is 10.2 Å². The highest BCUT2D eigenvalue weighted by Crippen LogP contribution is 2.20. The van der Waals surface area contributed by atoms with E-state index in [-0.39, 0.29) is 18.2 Å². The average molecular weight is 227 g/mol. The van der Waals surface area contributed by atoms with Gasteiger partial charge in [0.15, 0.2) is 5.78 Å². The molecule has 0 fully saturated rings. The molecule has 0 aliphatic heterocycles. The minimum atomic E-state index is -0.313. The van der Waals surface area contributed by atoms with Crippen LogP contribution in [0.1, 0.15) is 24.8 Å². The number of rotatable bonds is 5. The predicted molar refractivity (Wildman–Crippen MR) is 57.9 cm³/mol. The Bertz CT molecular complexity index is 351. The lowest BCUT2D eigenvalue weighted by Gasteiger charge is -2.11. The Morgan fingerprint density at radius 1 is 1.60 bits per heavy atom. The van der Waals surface area contributed by atoms with Gasteiger partial charge in [-0.2, -0.15) is 4.91 Å². The normalized spacial score (nSPS) is 12.1. The number of nitrogens with zero attached hydrogens (tertiary/aromatic N) is 2. The molecule has 0 aliphatic carbocycles. The Balaban J connectivity index is 2.87. The lowest BCUT2D eigenvalue weighted by molar-refractivity contribution is -0.119. The van der Waals surface area contributed by atoms with Crippen molar-refractivity contribution in [2.75, 3.05) is 6.54 Å². The second-order valence-corrected chi connectivity index (χ2v) is 3.52. The standard InChI is InChI=1S/C10H11ClN2O2/c1-2-8(9(14)6-13-15)7-3-4-10(11)12-5-7/h3-5,8H,2,6H2,1H3. The third kappa shape index (κ3) is 3.09. The van der Waals surface area contributed by atoms with E-state index in [0.717, 1.165) is 5.56 Å². The molecule has 5 heteroatoms. The zero-order valence-electron chi connectivity index (χ0n) is 8.31. The van der Waals surface area contributed by atoms with Crippen LogP contribution in [0.4, 0.5) is 0 Å². The summed E-state index contributed by atoms with van der Waals surface area (Å²) < 4.78 is 0. The topological polar surface area (TPSA) is 59.4 Å². The van der Waals surface area contributed by atoms with Gasteiger partial charge in [-0.15, -0.1) is 0 Å².